The molecule has 4 rings (SSSR count). The quantitative estimate of drug-likeness (QED) is 0.918. The minimum atomic E-state index is -0.207. The molecule has 3 nitrogen and oxygen atoms in total. The van der Waals surface area contributed by atoms with Gasteiger partial charge in [-0.15, -0.1) is 0 Å². The summed E-state index contributed by atoms with van der Waals surface area (Å²) in [6, 6.07) is 9.36. The SMILES string of the molecule is Fc1ccc(-c2cncc(N3CC4CNC(C4)C3)c2)cc1. The summed E-state index contributed by atoms with van der Waals surface area (Å²) < 4.78 is 13.0. The smallest absolute Gasteiger partial charge is 0.123 e. The van der Waals surface area contributed by atoms with E-state index in [9.17, 15) is 4.39 Å². The van der Waals surface area contributed by atoms with Crippen molar-refractivity contribution in [2.45, 2.75) is 12.5 Å². The van der Waals surface area contributed by atoms with E-state index < -0.39 is 0 Å². The first kappa shape index (κ1) is 12.8. The fraction of sp³-hybridized carbons (Fsp3) is 0.353. The average Bonchev–Trinajstić information content (AvgIpc) is 2.86. The van der Waals surface area contributed by atoms with Crippen LogP contribution < -0.4 is 10.2 Å². The number of hydrogen-bond donors (Lipinski definition) is 1. The van der Waals surface area contributed by atoms with Crippen LogP contribution in [0, 0.1) is 11.7 Å². The zero-order valence-corrected chi connectivity index (χ0v) is 11.8. The van der Waals surface area contributed by atoms with Crippen LogP contribution in [0.4, 0.5) is 10.1 Å². The third-order valence-electron chi connectivity index (χ3n) is 4.50. The Bertz CT molecular complexity index is 629. The van der Waals surface area contributed by atoms with Gasteiger partial charge in [0.25, 0.3) is 0 Å². The molecule has 2 aliphatic heterocycles. The van der Waals surface area contributed by atoms with Crippen LogP contribution >= 0.6 is 0 Å². The number of nitrogens with zero attached hydrogens (tertiary/aromatic N) is 2. The van der Waals surface area contributed by atoms with Gasteiger partial charge in [-0.25, -0.2) is 4.39 Å². The first-order valence-corrected chi connectivity index (χ1v) is 7.47. The second-order valence-corrected chi connectivity index (χ2v) is 6.05. The van der Waals surface area contributed by atoms with Crippen LogP contribution in [0.5, 0.6) is 0 Å². The van der Waals surface area contributed by atoms with E-state index in [1.54, 1.807) is 12.1 Å². The molecule has 2 aromatic rings. The Morgan fingerprint density at radius 2 is 1.95 bits per heavy atom. The van der Waals surface area contributed by atoms with Gasteiger partial charge in [-0.05, 0) is 36.1 Å². The van der Waals surface area contributed by atoms with E-state index in [2.05, 4.69) is 21.3 Å². The highest BCUT2D eigenvalue weighted by Gasteiger charge is 2.32. The van der Waals surface area contributed by atoms with Crippen LogP contribution in [-0.4, -0.2) is 30.7 Å². The van der Waals surface area contributed by atoms with Crippen LogP contribution in [0.15, 0.2) is 42.7 Å². The Morgan fingerprint density at radius 1 is 1.10 bits per heavy atom. The predicted molar refractivity (Wildman–Crippen MR) is 81.7 cm³/mol. The summed E-state index contributed by atoms with van der Waals surface area (Å²) in [6.07, 6.45) is 5.06. The van der Waals surface area contributed by atoms with E-state index in [0.717, 1.165) is 42.4 Å². The molecule has 1 aromatic heterocycles. The van der Waals surface area contributed by atoms with Crippen molar-refractivity contribution < 1.29 is 4.39 Å². The lowest BCUT2D eigenvalue weighted by atomic mass is 9.99. The van der Waals surface area contributed by atoms with Crippen molar-refractivity contribution in [3.8, 4) is 11.1 Å². The van der Waals surface area contributed by atoms with Gasteiger partial charge in [0, 0.05) is 37.4 Å². The summed E-state index contributed by atoms with van der Waals surface area (Å²) in [5.74, 6) is 0.541. The number of piperidine rings is 1. The number of aromatic nitrogens is 1. The monoisotopic (exact) mass is 283 g/mol. The van der Waals surface area contributed by atoms with Gasteiger partial charge in [-0.1, -0.05) is 12.1 Å². The average molecular weight is 283 g/mol. The topological polar surface area (TPSA) is 28.2 Å². The molecule has 3 heterocycles. The molecule has 1 aromatic carbocycles. The van der Waals surface area contributed by atoms with Crippen LogP contribution in [0.25, 0.3) is 11.1 Å². The number of nitrogens with one attached hydrogen (secondary N) is 1. The van der Waals surface area contributed by atoms with E-state index in [-0.39, 0.29) is 5.82 Å². The van der Waals surface area contributed by atoms with E-state index in [0.29, 0.717) is 6.04 Å². The van der Waals surface area contributed by atoms with Crippen molar-refractivity contribution in [2.24, 2.45) is 5.92 Å². The number of anilines is 1. The predicted octanol–water partition coefficient (Wildman–Crippen LogP) is 2.69. The Kier molecular flexibility index (Phi) is 3.11. The third kappa shape index (κ3) is 2.51. The number of fused-ring (bicyclic) bond motifs is 2. The number of benzene rings is 1. The van der Waals surface area contributed by atoms with Crippen LogP contribution in [0.3, 0.4) is 0 Å². The molecule has 4 heteroatoms. The van der Waals surface area contributed by atoms with Gasteiger partial charge in [0.15, 0.2) is 0 Å². The fourth-order valence-electron chi connectivity index (χ4n) is 3.44. The Hall–Kier alpha value is -1.94. The van der Waals surface area contributed by atoms with Crippen LogP contribution in [0.1, 0.15) is 6.42 Å². The maximum Gasteiger partial charge on any atom is 0.123 e. The highest BCUT2D eigenvalue weighted by Crippen LogP contribution is 2.29. The highest BCUT2D eigenvalue weighted by molar-refractivity contribution is 5.67. The lowest BCUT2D eigenvalue weighted by molar-refractivity contribution is 0.474. The van der Waals surface area contributed by atoms with Gasteiger partial charge < -0.3 is 10.2 Å². The molecule has 2 fully saturated rings. The van der Waals surface area contributed by atoms with Gasteiger partial charge in [0.2, 0.25) is 0 Å². The van der Waals surface area contributed by atoms with Gasteiger partial charge in [-0.2, -0.15) is 0 Å². The van der Waals surface area contributed by atoms with Crippen LogP contribution in [0.2, 0.25) is 0 Å². The van der Waals surface area contributed by atoms with Crippen molar-refractivity contribution in [3.63, 3.8) is 0 Å². The zero-order valence-electron chi connectivity index (χ0n) is 11.8. The molecular weight excluding hydrogens is 265 g/mol. The Labute approximate surface area is 123 Å². The molecule has 2 aliphatic rings. The minimum absolute atomic E-state index is 0.207. The maximum atomic E-state index is 13.0. The molecule has 0 amide bonds. The van der Waals surface area contributed by atoms with Crippen LogP contribution in [-0.2, 0) is 0 Å². The van der Waals surface area contributed by atoms with E-state index in [4.69, 9.17) is 0 Å². The maximum absolute atomic E-state index is 13.0. The number of pyridine rings is 1. The van der Waals surface area contributed by atoms with E-state index >= 15 is 0 Å². The molecule has 0 spiro atoms. The second-order valence-electron chi connectivity index (χ2n) is 6.05. The van der Waals surface area contributed by atoms with E-state index in [1.165, 1.54) is 18.6 Å². The highest BCUT2D eigenvalue weighted by atomic mass is 19.1. The zero-order chi connectivity index (χ0) is 14.2. The van der Waals surface area contributed by atoms with Crippen molar-refractivity contribution in [2.75, 3.05) is 24.5 Å². The first-order valence-electron chi connectivity index (χ1n) is 7.47. The number of hydrogen-bond acceptors (Lipinski definition) is 3. The molecule has 108 valence electrons. The molecule has 1 N–H and O–H groups in total. The van der Waals surface area contributed by atoms with Gasteiger partial charge >= 0.3 is 0 Å². The van der Waals surface area contributed by atoms with Crippen molar-refractivity contribution in [1.82, 2.24) is 10.3 Å². The van der Waals surface area contributed by atoms with Gasteiger partial charge in [0.05, 0.1) is 11.9 Å². The molecule has 2 atom stereocenters. The largest absolute Gasteiger partial charge is 0.368 e. The van der Waals surface area contributed by atoms with Gasteiger partial charge in [0.1, 0.15) is 5.82 Å². The van der Waals surface area contributed by atoms with Crippen molar-refractivity contribution in [3.05, 3.63) is 48.5 Å². The van der Waals surface area contributed by atoms with Crippen molar-refractivity contribution in [1.29, 1.82) is 0 Å². The lowest BCUT2D eigenvalue weighted by Gasteiger charge is -2.32. The molecule has 2 unspecified atom stereocenters. The molecule has 2 bridgehead atoms. The molecule has 0 saturated carbocycles. The molecule has 0 aliphatic carbocycles. The van der Waals surface area contributed by atoms with E-state index in [1.807, 2.05) is 12.4 Å². The third-order valence-corrected chi connectivity index (χ3v) is 4.50. The number of halogens is 1. The Morgan fingerprint density at radius 3 is 2.76 bits per heavy atom. The molecule has 0 radical (unpaired) electrons. The van der Waals surface area contributed by atoms with Crippen molar-refractivity contribution >= 4 is 5.69 Å². The standard InChI is InChI=1S/C17H18FN3/c18-15-3-1-13(2-4-15)14-6-17(9-19-8-14)21-10-12-5-16(11-21)20-7-12/h1-4,6,8-9,12,16,20H,5,7,10-11H2. The van der Waals surface area contributed by atoms with Gasteiger partial charge in [-0.3, -0.25) is 4.98 Å². The summed E-state index contributed by atoms with van der Waals surface area (Å²) in [5.41, 5.74) is 3.21. The summed E-state index contributed by atoms with van der Waals surface area (Å²) in [7, 11) is 0. The summed E-state index contributed by atoms with van der Waals surface area (Å²) in [5, 5.41) is 3.57. The second kappa shape index (κ2) is 5.11. The fourth-order valence-corrected chi connectivity index (χ4v) is 3.44. The molecular formula is C17H18FN3. The first-order chi connectivity index (χ1) is 10.3. The minimum Gasteiger partial charge on any atom is -0.368 e. The number of rotatable bonds is 2. The molecule has 2 saturated heterocycles. The normalized spacial score (nSPS) is 24.3. The lowest BCUT2D eigenvalue weighted by Crippen LogP contribution is -2.41. The summed E-state index contributed by atoms with van der Waals surface area (Å²) in [4.78, 5) is 6.79. The Balaban J connectivity index is 1.62. The summed E-state index contributed by atoms with van der Waals surface area (Å²) in [6.45, 7) is 3.27. The molecule has 21 heavy (non-hydrogen) atoms. The summed E-state index contributed by atoms with van der Waals surface area (Å²) >= 11 is 0.